The number of rotatable bonds is 6. The first-order chi connectivity index (χ1) is 9.90. The SMILES string of the molecule is COC(=O)[C@H](CC(C)C)N=Cc1c(CO)cnc(C)c1O. The molecule has 0 aliphatic carbocycles. The van der Waals surface area contributed by atoms with E-state index in [4.69, 9.17) is 4.74 Å². The van der Waals surface area contributed by atoms with Crippen LogP contribution in [0.4, 0.5) is 0 Å². The second kappa shape index (κ2) is 7.73. The van der Waals surface area contributed by atoms with E-state index in [9.17, 15) is 15.0 Å². The molecular weight excluding hydrogens is 272 g/mol. The van der Waals surface area contributed by atoms with Gasteiger partial charge in [0.1, 0.15) is 11.8 Å². The van der Waals surface area contributed by atoms with Gasteiger partial charge in [0.25, 0.3) is 0 Å². The number of aromatic nitrogens is 1. The lowest BCUT2D eigenvalue weighted by Gasteiger charge is -2.13. The molecule has 0 bridgehead atoms. The zero-order chi connectivity index (χ0) is 16.0. The lowest BCUT2D eigenvalue weighted by Crippen LogP contribution is -2.22. The molecule has 0 saturated carbocycles. The highest BCUT2D eigenvalue weighted by molar-refractivity contribution is 5.88. The van der Waals surface area contributed by atoms with Crippen molar-refractivity contribution in [3.05, 3.63) is 23.0 Å². The summed E-state index contributed by atoms with van der Waals surface area (Å²) in [4.78, 5) is 19.9. The fourth-order valence-electron chi connectivity index (χ4n) is 1.89. The molecular formula is C15H22N2O4. The number of methoxy groups -OCH3 is 1. The number of aryl methyl sites for hydroxylation is 1. The number of hydrogen-bond donors (Lipinski definition) is 2. The number of aliphatic hydroxyl groups excluding tert-OH is 1. The molecule has 21 heavy (non-hydrogen) atoms. The summed E-state index contributed by atoms with van der Waals surface area (Å²) >= 11 is 0. The van der Waals surface area contributed by atoms with Crippen LogP contribution < -0.4 is 0 Å². The summed E-state index contributed by atoms with van der Waals surface area (Å²) in [6.07, 6.45) is 3.42. The van der Waals surface area contributed by atoms with Gasteiger partial charge in [0.15, 0.2) is 0 Å². The molecule has 0 aromatic carbocycles. The molecule has 1 aromatic rings. The number of hydrogen-bond acceptors (Lipinski definition) is 6. The average Bonchev–Trinajstić information content (AvgIpc) is 2.46. The minimum Gasteiger partial charge on any atom is -0.505 e. The average molecular weight is 294 g/mol. The van der Waals surface area contributed by atoms with Gasteiger partial charge in [-0.15, -0.1) is 0 Å². The van der Waals surface area contributed by atoms with Crippen LogP contribution in [0.3, 0.4) is 0 Å². The van der Waals surface area contributed by atoms with Gasteiger partial charge >= 0.3 is 5.97 Å². The molecule has 0 spiro atoms. The third kappa shape index (κ3) is 4.53. The minimum atomic E-state index is -0.630. The van der Waals surface area contributed by atoms with Crippen LogP contribution in [0.2, 0.25) is 0 Å². The summed E-state index contributed by atoms with van der Waals surface area (Å²) in [5, 5.41) is 19.3. The van der Waals surface area contributed by atoms with E-state index in [0.29, 0.717) is 23.2 Å². The third-order valence-electron chi connectivity index (χ3n) is 3.08. The Hall–Kier alpha value is -1.95. The van der Waals surface area contributed by atoms with E-state index in [2.05, 4.69) is 9.98 Å². The largest absolute Gasteiger partial charge is 0.505 e. The van der Waals surface area contributed by atoms with Gasteiger partial charge in [-0.3, -0.25) is 9.98 Å². The number of ether oxygens (including phenoxy) is 1. The first-order valence-electron chi connectivity index (χ1n) is 6.80. The molecule has 0 aliphatic rings. The maximum atomic E-state index is 11.7. The van der Waals surface area contributed by atoms with Crippen molar-refractivity contribution in [2.75, 3.05) is 7.11 Å². The van der Waals surface area contributed by atoms with Gasteiger partial charge in [-0.1, -0.05) is 13.8 Å². The molecule has 6 heteroatoms. The van der Waals surface area contributed by atoms with Gasteiger partial charge in [-0.2, -0.15) is 0 Å². The fraction of sp³-hybridized carbons (Fsp3) is 0.533. The molecule has 1 atom stereocenters. The number of nitrogens with zero attached hydrogens (tertiary/aromatic N) is 2. The molecule has 0 radical (unpaired) electrons. The summed E-state index contributed by atoms with van der Waals surface area (Å²) in [5.41, 5.74) is 1.27. The van der Waals surface area contributed by atoms with Crippen LogP contribution in [0.1, 0.15) is 37.1 Å². The third-order valence-corrected chi connectivity index (χ3v) is 3.08. The minimum absolute atomic E-state index is 0.0431. The molecule has 0 amide bonds. The van der Waals surface area contributed by atoms with Crippen molar-refractivity contribution in [1.29, 1.82) is 0 Å². The van der Waals surface area contributed by atoms with E-state index in [1.165, 1.54) is 19.5 Å². The predicted octanol–water partition coefficient (Wildman–Crippen LogP) is 1.59. The zero-order valence-electron chi connectivity index (χ0n) is 12.8. The summed E-state index contributed by atoms with van der Waals surface area (Å²) in [7, 11) is 1.32. The maximum absolute atomic E-state index is 11.7. The fourth-order valence-corrected chi connectivity index (χ4v) is 1.89. The Morgan fingerprint density at radius 2 is 2.19 bits per heavy atom. The Morgan fingerprint density at radius 1 is 1.52 bits per heavy atom. The Morgan fingerprint density at radius 3 is 2.71 bits per heavy atom. The zero-order valence-corrected chi connectivity index (χ0v) is 12.8. The van der Waals surface area contributed by atoms with E-state index >= 15 is 0 Å². The monoisotopic (exact) mass is 294 g/mol. The Bertz CT molecular complexity index is 527. The predicted molar refractivity (Wildman–Crippen MR) is 79.4 cm³/mol. The standard InChI is InChI=1S/C15H22N2O4/c1-9(2)5-13(15(20)21-4)17-7-12-11(8-18)6-16-10(3)14(12)19/h6-7,9,13,18-19H,5,8H2,1-4H3/t13-/m0/s1. The smallest absolute Gasteiger partial charge is 0.330 e. The van der Waals surface area contributed by atoms with Crippen LogP contribution in [-0.2, 0) is 16.1 Å². The van der Waals surface area contributed by atoms with E-state index in [-0.39, 0.29) is 18.3 Å². The topological polar surface area (TPSA) is 92.0 Å². The van der Waals surface area contributed by atoms with E-state index < -0.39 is 12.0 Å². The normalized spacial score (nSPS) is 12.9. The molecule has 1 heterocycles. The number of aromatic hydroxyl groups is 1. The van der Waals surface area contributed by atoms with Gasteiger partial charge in [-0.05, 0) is 19.3 Å². The summed E-state index contributed by atoms with van der Waals surface area (Å²) in [6.45, 7) is 5.35. The van der Waals surface area contributed by atoms with Crippen LogP contribution in [0.5, 0.6) is 5.75 Å². The van der Waals surface area contributed by atoms with Crippen LogP contribution in [0, 0.1) is 12.8 Å². The summed E-state index contributed by atoms with van der Waals surface area (Å²) in [5.74, 6) is -0.189. The van der Waals surface area contributed by atoms with Gasteiger partial charge in [0, 0.05) is 23.5 Å². The van der Waals surface area contributed by atoms with Crippen LogP contribution in [-0.4, -0.2) is 40.5 Å². The van der Waals surface area contributed by atoms with E-state index in [0.717, 1.165) is 0 Å². The van der Waals surface area contributed by atoms with Crippen molar-refractivity contribution >= 4 is 12.2 Å². The van der Waals surface area contributed by atoms with E-state index in [1.807, 2.05) is 13.8 Å². The second-order valence-corrected chi connectivity index (χ2v) is 5.24. The number of esters is 1. The number of carbonyl (C=O) groups is 1. The van der Waals surface area contributed by atoms with Crippen LogP contribution in [0.15, 0.2) is 11.2 Å². The summed E-state index contributed by atoms with van der Waals surface area (Å²) in [6, 6.07) is -0.630. The lowest BCUT2D eigenvalue weighted by molar-refractivity contribution is -0.142. The quantitative estimate of drug-likeness (QED) is 0.614. The molecule has 0 fully saturated rings. The number of pyridine rings is 1. The number of aliphatic imine (C=N–C) groups is 1. The van der Waals surface area contributed by atoms with Crippen LogP contribution >= 0.6 is 0 Å². The number of carbonyl (C=O) groups excluding carboxylic acids is 1. The highest BCUT2D eigenvalue weighted by Crippen LogP contribution is 2.22. The first kappa shape index (κ1) is 17.1. The molecule has 0 unspecified atom stereocenters. The van der Waals surface area contributed by atoms with Gasteiger partial charge in [0.05, 0.1) is 19.4 Å². The van der Waals surface area contributed by atoms with E-state index in [1.54, 1.807) is 6.92 Å². The van der Waals surface area contributed by atoms with Crippen molar-refractivity contribution in [2.24, 2.45) is 10.9 Å². The van der Waals surface area contributed by atoms with Crippen molar-refractivity contribution in [1.82, 2.24) is 4.98 Å². The van der Waals surface area contributed by atoms with Crippen molar-refractivity contribution < 1.29 is 19.7 Å². The molecule has 1 aromatic heterocycles. The van der Waals surface area contributed by atoms with Crippen molar-refractivity contribution in [3.63, 3.8) is 0 Å². The van der Waals surface area contributed by atoms with Crippen molar-refractivity contribution in [3.8, 4) is 5.75 Å². The highest BCUT2D eigenvalue weighted by atomic mass is 16.5. The van der Waals surface area contributed by atoms with Gasteiger partial charge in [0.2, 0.25) is 0 Å². The Kier molecular flexibility index (Phi) is 6.30. The molecule has 6 nitrogen and oxygen atoms in total. The Balaban J connectivity index is 3.11. The van der Waals surface area contributed by atoms with Gasteiger partial charge in [-0.25, -0.2) is 4.79 Å². The number of aliphatic hydroxyl groups is 1. The van der Waals surface area contributed by atoms with Crippen molar-refractivity contribution in [2.45, 2.75) is 39.8 Å². The molecule has 0 aliphatic heterocycles. The molecule has 2 N–H and O–H groups in total. The van der Waals surface area contributed by atoms with Gasteiger partial charge < -0.3 is 14.9 Å². The first-order valence-corrected chi connectivity index (χ1v) is 6.80. The highest BCUT2D eigenvalue weighted by Gasteiger charge is 2.19. The van der Waals surface area contributed by atoms with Crippen LogP contribution in [0.25, 0.3) is 0 Å². The second-order valence-electron chi connectivity index (χ2n) is 5.24. The summed E-state index contributed by atoms with van der Waals surface area (Å²) < 4.78 is 4.74. The maximum Gasteiger partial charge on any atom is 0.330 e. The Labute approximate surface area is 124 Å². The molecule has 1 rings (SSSR count). The molecule has 0 saturated heterocycles. The molecule has 116 valence electrons. The lowest BCUT2D eigenvalue weighted by atomic mass is 10.0.